The summed E-state index contributed by atoms with van der Waals surface area (Å²) in [7, 11) is 1.74. The molecule has 6 nitrogen and oxygen atoms in total. The third-order valence-corrected chi connectivity index (χ3v) is 4.76. The van der Waals surface area contributed by atoms with Crippen LogP contribution in [0.2, 0.25) is 0 Å². The first kappa shape index (κ1) is 22.6. The molecule has 1 aromatic heterocycles. The van der Waals surface area contributed by atoms with Gasteiger partial charge in [0, 0.05) is 30.4 Å². The van der Waals surface area contributed by atoms with E-state index in [-0.39, 0.29) is 5.69 Å². The highest BCUT2D eigenvalue weighted by atomic mass is 19.4. The number of aromatic nitrogens is 2. The fourth-order valence-corrected chi connectivity index (χ4v) is 2.96. The molecular formula is C23H19F3N4O2. The Hall–Kier alpha value is -4.06. The summed E-state index contributed by atoms with van der Waals surface area (Å²) in [5.41, 5.74) is 6.75. The lowest BCUT2D eigenvalue weighted by atomic mass is 10.1. The van der Waals surface area contributed by atoms with Gasteiger partial charge in [-0.25, -0.2) is 0 Å². The first-order chi connectivity index (χ1) is 15.2. The molecule has 0 saturated heterocycles. The number of primary amides is 1. The Kier molecular flexibility index (Phi) is 6.64. The van der Waals surface area contributed by atoms with Gasteiger partial charge in [-0.1, -0.05) is 17.9 Å². The molecule has 0 radical (unpaired) electrons. The number of amides is 1. The molecular weight excluding hydrogens is 421 g/mol. The van der Waals surface area contributed by atoms with E-state index in [0.29, 0.717) is 41.8 Å². The molecule has 32 heavy (non-hydrogen) atoms. The standard InChI is InChI=1S/C23H19F3N4O2/c1-29(20-9-7-19(8-10-20)23(24,25)26)11-12-30-21(15-31)18(14-28-30)6-5-16-3-2-4-17(13-16)22(27)32/h2-4,7-10,13-15H,11-12H2,1H3,(H2,27,32). The molecule has 0 unspecified atom stereocenters. The average molecular weight is 440 g/mol. The number of anilines is 1. The van der Waals surface area contributed by atoms with E-state index in [1.165, 1.54) is 23.0 Å². The van der Waals surface area contributed by atoms with Gasteiger partial charge in [-0.15, -0.1) is 0 Å². The summed E-state index contributed by atoms with van der Waals surface area (Å²) in [5, 5.41) is 4.19. The maximum Gasteiger partial charge on any atom is 0.416 e. The van der Waals surface area contributed by atoms with Crippen LogP contribution >= 0.6 is 0 Å². The number of alkyl halides is 3. The van der Waals surface area contributed by atoms with Crippen molar-refractivity contribution in [1.82, 2.24) is 9.78 Å². The van der Waals surface area contributed by atoms with Crippen LogP contribution in [-0.4, -0.2) is 35.6 Å². The number of rotatable bonds is 6. The Morgan fingerprint density at radius 2 is 1.91 bits per heavy atom. The van der Waals surface area contributed by atoms with E-state index in [0.717, 1.165) is 12.1 Å². The number of carbonyl (C=O) groups excluding carboxylic acids is 2. The highest BCUT2D eigenvalue weighted by molar-refractivity contribution is 5.93. The summed E-state index contributed by atoms with van der Waals surface area (Å²) in [4.78, 5) is 24.6. The van der Waals surface area contributed by atoms with Gasteiger partial charge in [0.25, 0.3) is 0 Å². The van der Waals surface area contributed by atoms with Crippen LogP contribution in [0.5, 0.6) is 0 Å². The summed E-state index contributed by atoms with van der Waals surface area (Å²) in [6.07, 6.45) is -2.27. The molecule has 3 aromatic rings. The molecule has 0 aliphatic rings. The minimum Gasteiger partial charge on any atom is -0.373 e. The summed E-state index contributed by atoms with van der Waals surface area (Å²) in [6.45, 7) is 0.728. The molecule has 0 aliphatic carbocycles. The van der Waals surface area contributed by atoms with Crippen LogP contribution in [0.1, 0.15) is 37.5 Å². The van der Waals surface area contributed by atoms with Gasteiger partial charge < -0.3 is 10.6 Å². The monoisotopic (exact) mass is 440 g/mol. The molecule has 0 spiro atoms. The van der Waals surface area contributed by atoms with Gasteiger partial charge in [-0.05, 0) is 42.5 Å². The second-order valence-electron chi connectivity index (χ2n) is 6.95. The number of hydrogen-bond donors (Lipinski definition) is 1. The van der Waals surface area contributed by atoms with Gasteiger partial charge >= 0.3 is 6.18 Å². The first-order valence-electron chi connectivity index (χ1n) is 9.50. The fraction of sp³-hybridized carbons (Fsp3) is 0.174. The number of benzene rings is 2. The Bertz CT molecular complexity index is 1190. The van der Waals surface area contributed by atoms with E-state index >= 15 is 0 Å². The maximum absolute atomic E-state index is 12.7. The molecule has 164 valence electrons. The lowest BCUT2D eigenvalue weighted by molar-refractivity contribution is -0.137. The Morgan fingerprint density at radius 3 is 2.53 bits per heavy atom. The van der Waals surface area contributed by atoms with Crippen LogP contribution in [0.4, 0.5) is 18.9 Å². The summed E-state index contributed by atoms with van der Waals surface area (Å²) in [6, 6.07) is 11.3. The van der Waals surface area contributed by atoms with Crippen molar-refractivity contribution in [3.63, 3.8) is 0 Å². The second kappa shape index (κ2) is 9.39. The average Bonchev–Trinajstić information content (AvgIpc) is 3.17. The van der Waals surface area contributed by atoms with Gasteiger partial charge in [-0.3, -0.25) is 14.3 Å². The lowest BCUT2D eigenvalue weighted by Crippen LogP contribution is -2.24. The SMILES string of the molecule is CN(CCn1ncc(C#Cc2cccc(C(N)=O)c2)c1C=O)c1ccc(C(F)(F)F)cc1. The normalized spacial score (nSPS) is 10.9. The second-order valence-corrected chi connectivity index (χ2v) is 6.95. The minimum absolute atomic E-state index is 0.282. The molecule has 9 heteroatoms. The van der Waals surface area contributed by atoms with E-state index in [1.807, 2.05) is 0 Å². The zero-order valence-electron chi connectivity index (χ0n) is 17.1. The van der Waals surface area contributed by atoms with E-state index in [2.05, 4.69) is 16.9 Å². The van der Waals surface area contributed by atoms with Crippen molar-refractivity contribution >= 4 is 17.9 Å². The number of aldehydes is 1. The number of likely N-dealkylation sites (N-methyl/N-ethyl adjacent to an activating group) is 1. The van der Waals surface area contributed by atoms with Crippen molar-refractivity contribution in [2.45, 2.75) is 12.7 Å². The van der Waals surface area contributed by atoms with Crippen molar-refractivity contribution in [2.75, 3.05) is 18.5 Å². The summed E-state index contributed by atoms with van der Waals surface area (Å²) < 4.78 is 39.6. The Labute approximate surface area is 182 Å². The molecule has 0 bridgehead atoms. The van der Waals surface area contributed by atoms with Crippen LogP contribution < -0.4 is 10.6 Å². The van der Waals surface area contributed by atoms with Crippen molar-refractivity contribution in [3.05, 3.63) is 82.7 Å². The maximum atomic E-state index is 12.7. The van der Waals surface area contributed by atoms with Crippen molar-refractivity contribution in [3.8, 4) is 11.8 Å². The minimum atomic E-state index is -4.39. The summed E-state index contributed by atoms with van der Waals surface area (Å²) >= 11 is 0. The molecule has 2 N–H and O–H groups in total. The van der Waals surface area contributed by atoms with Gasteiger partial charge in [0.1, 0.15) is 5.69 Å². The van der Waals surface area contributed by atoms with E-state index in [4.69, 9.17) is 5.73 Å². The molecule has 0 atom stereocenters. The van der Waals surface area contributed by atoms with Gasteiger partial charge in [0.05, 0.1) is 23.9 Å². The van der Waals surface area contributed by atoms with Crippen LogP contribution in [0.3, 0.4) is 0 Å². The third kappa shape index (κ3) is 5.35. The van der Waals surface area contributed by atoms with Gasteiger partial charge in [0.2, 0.25) is 5.91 Å². The topological polar surface area (TPSA) is 81.2 Å². The number of halogens is 3. The third-order valence-electron chi connectivity index (χ3n) is 4.76. The van der Waals surface area contributed by atoms with E-state index < -0.39 is 17.6 Å². The number of nitrogens with two attached hydrogens (primary N) is 1. The zero-order valence-corrected chi connectivity index (χ0v) is 17.1. The highest BCUT2D eigenvalue weighted by Crippen LogP contribution is 2.30. The van der Waals surface area contributed by atoms with Crippen molar-refractivity contribution in [2.24, 2.45) is 5.73 Å². The summed E-state index contributed by atoms with van der Waals surface area (Å²) in [5.74, 6) is 5.19. The van der Waals surface area contributed by atoms with Gasteiger partial charge in [0.15, 0.2) is 6.29 Å². The number of hydrogen-bond acceptors (Lipinski definition) is 4. The predicted molar refractivity (Wildman–Crippen MR) is 113 cm³/mol. The smallest absolute Gasteiger partial charge is 0.373 e. The lowest BCUT2D eigenvalue weighted by Gasteiger charge is -2.20. The molecule has 0 aliphatic heterocycles. The Balaban J connectivity index is 1.71. The van der Waals surface area contributed by atoms with Crippen molar-refractivity contribution in [1.29, 1.82) is 0 Å². The number of nitrogens with zero attached hydrogens (tertiary/aromatic N) is 3. The van der Waals surface area contributed by atoms with E-state index in [9.17, 15) is 22.8 Å². The van der Waals surface area contributed by atoms with Crippen molar-refractivity contribution < 1.29 is 22.8 Å². The van der Waals surface area contributed by atoms with Crippen LogP contribution in [0, 0.1) is 11.8 Å². The molecule has 0 fully saturated rings. The highest BCUT2D eigenvalue weighted by Gasteiger charge is 2.30. The molecule has 0 saturated carbocycles. The van der Waals surface area contributed by atoms with Crippen LogP contribution in [-0.2, 0) is 12.7 Å². The first-order valence-corrected chi connectivity index (χ1v) is 9.50. The quantitative estimate of drug-likeness (QED) is 0.471. The molecule has 1 amide bonds. The zero-order chi connectivity index (χ0) is 23.3. The predicted octanol–water partition coefficient (Wildman–Crippen LogP) is 3.35. The largest absolute Gasteiger partial charge is 0.416 e. The molecule has 3 rings (SSSR count). The van der Waals surface area contributed by atoms with Gasteiger partial charge in [-0.2, -0.15) is 18.3 Å². The number of carbonyl (C=O) groups is 2. The Morgan fingerprint density at radius 1 is 1.19 bits per heavy atom. The van der Waals surface area contributed by atoms with E-state index in [1.54, 1.807) is 36.2 Å². The molecule has 2 aromatic carbocycles. The molecule has 1 heterocycles. The fourth-order valence-electron chi connectivity index (χ4n) is 2.96. The van der Waals surface area contributed by atoms with Crippen LogP contribution in [0.15, 0.2) is 54.7 Å². The van der Waals surface area contributed by atoms with Crippen LogP contribution in [0.25, 0.3) is 0 Å².